The van der Waals surface area contributed by atoms with Gasteiger partial charge < -0.3 is 5.32 Å². The predicted molar refractivity (Wildman–Crippen MR) is 113 cm³/mol. The second-order valence-corrected chi connectivity index (χ2v) is 7.38. The van der Waals surface area contributed by atoms with E-state index in [4.69, 9.17) is 11.6 Å². The van der Waals surface area contributed by atoms with Crippen molar-refractivity contribution in [2.75, 3.05) is 5.32 Å². The number of amides is 1. The van der Waals surface area contributed by atoms with Gasteiger partial charge in [-0.1, -0.05) is 35.4 Å². The molecule has 2 aromatic carbocycles. The minimum atomic E-state index is -0.782. The van der Waals surface area contributed by atoms with Crippen molar-refractivity contribution in [1.29, 1.82) is 0 Å². The lowest BCUT2D eigenvalue weighted by Gasteiger charge is -2.16. The van der Waals surface area contributed by atoms with Crippen LogP contribution in [0.2, 0.25) is 5.02 Å². The van der Waals surface area contributed by atoms with Crippen molar-refractivity contribution < 1.29 is 4.79 Å². The molecule has 0 spiro atoms. The van der Waals surface area contributed by atoms with E-state index >= 15 is 0 Å². The Balaban J connectivity index is 1.94. The molecule has 0 aliphatic carbocycles. The van der Waals surface area contributed by atoms with Crippen LogP contribution in [0, 0.1) is 20.8 Å². The number of nitrogens with zero attached hydrogens (tertiary/aromatic N) is 2. The van der Waals surface area contributed by atoms with Gasteiger partial charge in [0, 0.05) is 22.3 Å². The van der Waals surface area contributed by atoms with E-state index in [2.05, 4.69) is 10.4 Å². The first-order chi connectivity index (χ1) is 13.3. The number of carbonyl (C=O) groups excluding carboxylic acids is 1. The number of benzene rings is 2. The molecule has 5 nitrogen and oxygen atoms in total. The second kappa shape index (κ2) is 7.98. The normalized spacial score (nSPS) is 11.9. The molecule has 1 amide bonds. The number of rotatable bonds is 4. The molecule has 0 aliphatic heterocycles. The molecule has 3 aromatic rings. The Morgan fingerprint density at radius 3 is 2.50 bits per heavy atom. The number of aromatic nitrogens is 2. The standard InChI is InChI=1S/C22H22ClN3O2/c1-13-5-6-14(2)18(11-13)19-9-10-21(27)26(25-19)16(4)22(28)24-20-12-17(23)8-7-15(20)3/h5-12,16H,1-4H3,(H,24,28). The molecule has 0 saturated heterocycles. The molecule has 1 unspecified atom stereocenters. The number of hydrogen-bond donors (Lipinski definition) is 1. The molecule has 1 atom stereocenters. The quantitative estimate of drug-likeness (QED) is 0.697. The van der Waals surface area contributed by atoms with Crippen molar-refractivity contribution in [3.05, 3.63) is 80.6 Å². The molecule has 144 valence electrons. The van der Waals surface area contributed by atoms with E-state index in [1.807, 2.05) is 45.0 Å². The topological polar surface area (TPSA) is 64.0 Å². The van der Waals surface area contributed by atoms with Crippen LogP contribution in [0.15, 0.2) is 53.3 Å². The second-order valence-electron chi connectivity index (χ2n) is 6.94. The van der Waals surface area contributed by atoms with Crippen molar-refractivity contribution in [2.24, 2.45) is 0 Å². The van der Waals surface area contributed by atoms with Gasteiger partial charge in [0.1, 0.15) is 6.04 Å². The smallest absolute Gasteiger partial charge is 0.267 e. The predicted octanol–water partition coefficient (Wildman–Crippen LogP) is 4.69. The maximum absolute atomic E-state index is 12.7. The van der Waals surface area contributed by atoms with Crippen LogP contribution in [0.4, 0.5) is 5.69 Å². The molecule has 0 aliphatic rings. The molecular weight excluding hydrogens is 374 g/mol. The number of hydrogen-bond acceptors (Lipinski definition) is 3. The van der Waals surface area contributed by atoms with Gasteiger partial charge >= 0.3 is 0 Å². The zero-order valence-electron chi connectivity index (χ0n) is 16.3. The highest BCUT2D eigenvalue weighted by atomic mass is 35.5. The number of nitrogens with one attached hydrogen (secondary N) is 1. The van der Waals surface area contributed by atoms with Gasteiger partial charge in [0.05, 0.1) is 5.69 Å². The Labute approximate surface area is 169 Å². The first kappa shape index (κ1) is 19.8. The zero-order valence-corrected chi connectivity index (χ0v) is 17.0. The maximum Gasteiger partial charge on any atom is 0.267 e. The van der Waals surface area contributed by atoms with Crippen molar-refractivity contribution in [2.45, 2.75) is 33.7 Å². The molecule has 0 radical (unpaired) electrons. The monoisotopic (exact) mass is 395 g/mol. The molecule has 1 heterocycles. The summed E-state index contributed by atoms with van der Waals surface area (Å²) in [6.45, 7) is 7.52. The SMILES string of the molecule is Cc1ccc(C)c(-c2ccc(=O)n(C(C)C(=O)Nc3cc(Cl)ccc3C)n2)c1. The lowest BCUT2D eigenvalue weighted by atomic mass is 10.0. The largest absolute Gasteiger partial charge is 0.324 e. The van der Waals surface area contributed by atoms with E-state index in [9.17, 15) is 9.59 Å². The lowest BCUT2D eigenvalue weighted by molar-refractivity contribution is -0.119. The summed E-state index contributed by atoms with van der Waals surface area (Å²) in [5.74, 6) is -0.335. The van der Waals surface area contributed by atoms with Gasteiger partial charge in [0.25, 0.3) is 5.56 Å². The molecule has 0 fully saturated rings. The summed E-state index contributed by atoms with van der Waals surface area (Å²) >= 11 is 6.02. The summed E-state index contributed by atoms with van der Waals surface area (Å²) in [5, 5.41) is 7.83. The van der Waals surface area contributed by atoms with E-state index in [0.717, 1.165) is 22.3 Å². The first-order valence-electron chi connectivity index (χ1n) is 9.01. The fraction of sp³-hybridized carbons (Fsp3) is 0.227. The number of carbonyl (C=O) groups is 1. The van der Waals surface area contributed by atoms with Crippen LogP contribution < -0.4 is 10.9 Å². The molecule has 0 bridgehead atoms. The van der Waals surface area contributed by atoms with Gasteiger partial charge in [-0.25, -0.2) is 4.68 Å². The van der Waals surface area contributed by atoms with Crippen LogP contribution in [0.5, 0.6) is 0 Å². The fourth-order valence-corrected chi connectivity index (χ4v) is 3.11. The van der Waals surface area contributed by atoms with Gasteiger partial charge in [-0.3, -0.25) is 9.59 Å². The fourth-order valence-electron chi connectivity index (χ4n) is 2.94. The van der Waals surface area contributed by atoms with Crippen LogP contribution in [0.3, 0.4) is 0 Å². The number of aryl methyl sites for hydroxylation is 3. The van der Waals surface area contributed by atoms with Crippen molar-refractivity contribution >= 4 is 23.2 Å². The molecule has 3 rings (SSSR count). The van der Waals surface area contributed by atoms with Crippen LogP contribution in [0.25, 0.3) is 11.3 Å². The van der Waals surface area contributed by atoms with Crippen molar-refractivity contribution in [3.63, 3.8) is 0 Å². The van der Waals surface area contributed by atoms with Gasteiger partial charge in [0.2, 0.25) is 5.91 Å². The Morgan fingerprint density at radius 1 is 1.04 bits per heavy atom. The molecule has 1 N–H and O–H groups in total. The maximum atomic E-state index is 12.7. The average molecular weight is 396 g/mol. The number of anilines is 1. The molecule has 6 heteroatoms. The first-order valence-corrected chi connectivity index (χ1v) is 9.38. The van der Waals surface area contributed by atoms with Gasteiger partial charge in [0.15, 0.2) is 0 Å². The van der Waals surface area contributed by atoms with Crippen LogP contribution in [-0.2, 0) is 4.79 Å². The Morgan fingerprint density at radius 2 is 1.75 bits per heavy atom. The average Bonchev–Trinajstić information content (AvgIpc) is 2.66. The third-order valence-corrected chi connectivity index (χ3v) is 4.93. The highest BCUT2D eigenvalue weighted by Crippen LogP contribution is 2.23. The van der Waals surface area contributed by atoms with E-state index < -0.39 is 6.04 Å². The summed E-state index contributed by atoms with van der Waals surface area (Å²) in [6, 6.07) is 13.7. The highest BCUT2D eigenvalue weighted by Gasteiger charge is 2.19. The summed E-state index contributed by atoms with van der Waals surface area (Å²) in [7, 11) is 0. The summed E-state index contributed by atoms with van der Waals surface area (Å²) in [4.78, 5) is 25.1. The lowest BCUT2D eigenvalue weighted by Crippen LogP contribution is -2.33. The minimum absolute atomic E-state index is 0.334. The van der Waals surface area contributed by atoms with Crippen LogP contribution >= 0.6 is 11.6 Å². The van der Waals surface area contributed by atoms with E-state index in [-0.39, 0.29) is 11.5 Å². The summed E-state index contributed by atoms with van der Waals surface area (Å²) in [5.41, 5.74) is 4.90. The third kappa shape index (κ3) is 4.15. The molecule has 0 saturated carbocycles. The van der Waals surface area contributed by atoms with Crippen LogP contribution in [0.1, 0.15) is 29.7 Å². The minimum Gasteiger partial charge on any atom is -0.324 e. The van der Waals surface area contributed by atoms with Gasteiger partial charge in [-0.2, -0.15) is 5.10 Å². The highest BCUT2D eigenvalue weighted by molar-refractivity contribution is 6.31. The molecule has 1 aromatic heterocycles. The van der Waals surface area contributed by atoms with E-state index in [1.54, 1.807) is 25.1 Å². The van der Waals surface area contributed by atoms with Gasteiger partial charge in [-0.15, -0.1) is 0 Å². The van der Waals surface area contributed by atoms with Crippen molar-refractivity contribution in [3.8, 4) is 11.3 Å². The summed E-state index contributed by atoms with van der Waals surface area (Å²) < 4.78 is 1.21. The van der Waals surface area contributed by atoms with Crippen LogP contribution in [-0.4, -0.2) is 15.7 Å². The Kier molecular flexibility index (Phi) is 5.66. The molecule has 28 heavy (non-hydrogen) atoms. The summed E-state index contributed by atoms with van der Waals surface area (Å²) in [6.07, 6.45) is 0. The van der Waals surface area contributed by atoms with E-state index in [1.165, 1.54) is 10.7 Å². The Bertz CT molecular complexity index is 1110. The number of halogens is 1. The molecular formula is C22H22ClN3O2. The third-order valence-electron chi connectivity index (χ3n) is 4.70. The van der Waals surface area contributed by atoms with Crippen molar-refractivity contribution in [1.82, 2.24) is 9.78 Å². The van der Waals surface area contributed by atoms with Gasteiger partial charge in [-0.05, 0) is 63.1 Å². The van der Waals surface area contributed by atoms with E-state index in [0.29, 0.717) is 16.4 Å². The Hall–Kier alpha value is -2.92. The zero-order chi connectivity index (χ0) is 20.4.